The summed E-state index contributed by atoms with van der Waals surface area (Å²) in [7, 11) is 0. The molecule has 0 atom stereocenters. The third-order valence-corrected chi connectivity index (χ3v) is 2.64. The molecule has 0 aliphatic heterocycles. The summed E-state index contributed by atoms with van der Waals surface area (Å²) in [6.45, 7) is 0. The summed E-state index contributed by atoms with van der Waals surface area (Å²) in [6.07, 6.45) is 3.99. The zero-order chi connectivity index (χ0) is 4.91. The first kappa shape index (κ1) is 4.16. The van der Waals surface area contributed by atoms with Gasteiger partial charge in [0.2, 0.25) is 0 Å². The van der Waals surface area contributed by atoms with E-state index in [1.807, 2.05) is 0 Å². The SMILES string of the molecule is ClNC12CC(C1)C2. The van der Waals surface area contributed by atoms with Crippen LogP contribution in [0.1, 0.15) is 19.3 Å². The highest BCUT2D eigenvalue weighted by Gasteiger charge is 2.56. The molecule has 40 valence electrons. The molecule has 0 saturated heterocycles. The van der Waals surface area contributed by atoms with Gasteiger partial charge >= 0.3 is 0 Å². The lowest BCUT2D eigenvalue weighted by Crippen LogP contribution is -2.64. The smallest absolute Gasteiger partial charge is 0.0339 e. The van der Waals surface area contributed by atoms with Crippen LogP contribution in [0.4, 0.5) is 0 Å². The van der Waals surface area contributed by atoms with E-state index >= 15 is 0 Å². The molecule has 1 nitrogen and oxygen atoms in total. The van der Waals surface area contributed by atoms with Crippen LogP contribution >= 0.6 is 11.8 Å². The average molecular weight is 118 g/mol. The molecule has 7 heavy (non-hydrogen) atoms. The van der Waals surface area contributed by atoms with Gasteiger partial charge in [0.05, 0.1) is 0 Å². The Hall–Kier alpha value is 0.250. The molecule has 0 unspecified atom stereocenters. The van der Waals surface area contributed by atoms with Crippen molar-refractivity contribution in [2.45, 2.75) is 24.8 Å². The Balaban J connectivity index is 2.03. The van der Waals surface area contributed by atoms with Crippen LogP contribution in [0.5, 0.6) is 0 Å². The zero-order valence-electron chi connectivity index (χ0n) is 4.08. The summed E-state index contributed by atoms with van der Waals surface area (Å²) in [5.74, 6) is 1.03. The van der Waals surface area contributed by atoms with E-state index in [9.17, 15) is 0 Å². The van der Waals surface area contributed by atoms with Crippen LogP contribution in [0.3, 0.4) is 0 Å². The predicted octanol–water partition coefficient (Wildman–Crippen LogP) is 1.28. The van der Waals surface area contributed by atoms with Gasteiger partial charge in [-0.3, -0.25) is 0 Å². The molecule has 0 heterocycles. The van der Waals surface area contributed by atoms with Gasteiger partial charge in [-0.2, -0.15) is 0 Å². The lowest BCUT2D eigenvalue weighted by molar-refractivity contribution is -0.0315. The molecule has 2 bridgehead atoms. The molecule has 0 radical (unpaired) electrons. The third kappa shape index (κ3) is 0.339. The Bertz CT molecular complexity index is 79.2. The predicted molar refractivity (Wildman–Crippen MR) is 29.1 cm³/mol. The van der Waals surface area contributed by atoms with Crippen molar-refractivity contribution in [2.24, 2.45) is 5.92 Å². The quantitative estimate of drug-likeness (QED) is 0.511. The minimum absolute atomic E-state index is 0.423. The maximum Gasteiger partial charge on any atom is 0.0339 e. The minimum atomic E-state index is 0.423. The Kier molecular flexibility index (Phi) is 0.583. The lowest BCUT2D eigenvalue weighted by atomic mass is 9.50. The largest absolute Gasteiger partial charge is 0.227 e. The maximum atomic E-state index is 5.43. The second kappa shape index (κ2) is 0.981. The van der Waals surface area contributed by atoms with E-state index in [1.54, 1.807) is 0 Å². The fourth-order valence-corrected chi connectivity index (χ4v) is 1.83. The van der Waals surface area contributed by atoms with Gasteiger partial charge in [0.25, 0.3) is 0 Å². The van der Waals surface area contributed by atoms with Crippen LogP contribution in [0, 0.1) is 5.92 Å². The second-order valence-electron chi connectivity index (χ2n) is 2.85. The summed E-state index contributed by atoms with van der Waals surface area (Å²) >= 11 is 5.43. The molecule has 2 heteroatoms. The highest BCUT2D eigenvalue weighted by Crippen LogP contribution is 2.57. The monoisotopic (exact) mass is 117 g/mol. The maximum absolute atomic E-state index is 5.43. The zero-order valence-corrected chi connectivity index (χ0v) is 4.83. The molecule has 0 spiro atoms. The molecule has 3 rings (SSSR count). The van der Waals surface area contributed by atoms with Crippen LogP contribution in [0.15, 0.2) is 0 Å². The van der Waals surface area contributed by atoms with Gasteiger partial charge in [-0.15, -0.1) is 0 Å². The van der Waals surface area contributed by atoms with Gasteiger partial charge in [0.1, 0.15) is 0 Å². The molecule has 0 aromatic rings. The van der Waals surface area contributed by atoms with Crippen molar-refractivity contribution in [3.63, 3.8) is 0 Å². The number of hydrogen-bond acceptors (Lipinski definition) is 1. The molecule has 3 aliphatic carbocycles. The van der Waals surface area contributed by atoms with E-state index in [0.29, 0.717) is 5.54 Å². The van der Waals surface area contributed by atoms with Crippen LogP contribution in [0.2, 0.25) is 0 Å². The van der Waals surface area contributed by atoms with E-state index in [1.165, 1.54) is 19.3 Å². The third-order valence-electron chi connectivity index (χ3n) is 2.24. The fourth-order valence-electron chi connectivity index (χ4n) is 1.59. The van der Waals surface area contributed by atoms with E-state index < -0.39 is 0 Å². The topological polar surface area (TPSA) is 12.0 Å². The van der Waals surface area contributed by atoms with E-state index in [2.05, 4.69) is 4.84 Å². The Morgan fingerprint density at radius 1 is 1.43 bits per heavy atom. The first-order valence-corrected chi connectivity index (χ1v) is 3.10. The van der Waals surface area contributed by atoms with Crippen molar-refractivity contribution in [1.29, 1.82) is 0 Å². The first-order chi connectivity index (χ1) is 3.35. The van der Waals surface area contributed by atoms with Crippen molar-refractivity contribution < 1.29 is 0 Å². The summed E-state index contributed by atoms with van der Waals surface area (Å²) in [5.41, 5.74) is 0.423. The average Bonchev–Trinajstić information content (AvgIpc) is 1.25. The van der Waals surface area contributed by atoms with Crippen molar-refractivity contribution in [1.82, 2.24) is 4.84 Å². The van der Waals surface area contributed by atoms with Gasteiger partial charge in [-0.05, 0) is 37.0 Å². The number of halogens is 1. The van der Waals surface area contributed by atoms with Crippen LogP contribution < -0.4 is 4.84 Å². The molecule has 0 aromatic heterocycles. The van der Waals surface area contributed by atoms with Crippen molar-refractivity contribution in [2.75, 3.05) is 0 Å². The molecule has 0 aromatic carbocycles. The summed E-state index contributed by atoms with van der Waals surface area (Å²) in [4.78, 5) is 2.82. The highest BCUT2D eigenvalue weighted by molar-refractivity contribution is 6.14. The molecular formula is C5H8ClN. The standard InChI is InChI=1S/C5H8ClN/c6-7-5-1-4(2-5)3-5/h4,7H,1-3H2. The van der Waals surface area contributed by atoms with Gasteiger partial charge in [0.15, 0.2) is 0 Å². The Labute approximate surface area is 48.2 Å². The first-order valence-electron chi connectivity index (χ1n) is 2.72. The summed E-state index contributed by atoms with van der Waals surface area (Å²) in [6, 6.07) is 0. The van der Waals surface area contributed by atoms with Gasteiger partial charge in [0, 0.05) is 5.54 Å². The van der Waals surface area contributed by atoms with Crippen molar-refractivity contribution in [3.05, 3.63) is 0 Å². The lowest BCUT2D eigenvalue weighted by Gasteiger charge is -2.60. The molecule has 3 saturated carbocycles. The van der Waals surface area contributed by atoms with Gasteiger partial charge < -0.3 is 0 Å². The summed E-state index contributed by atoms with van der Waals surface area (Å²) < 4.78 is 0. The molecular weight excluding hydrogens is 110 g/mol. The van der Waals surface area contributed by atoms with Crippen LogP contribution in [0.25, 0.3) is 0 Å². The number of hydrogen-bond donors (Lipinski definition) is 1. The van der Waals surface area contributed by atoms with E-state index in [4.69, 9.17) is 11.8 Å². The van der Waals surface area contributed by atoms with E-state index in [0.717, 1.165) is 5.92 Å². The second-order valence-corrected chi connectivity index (χ2v) is 3.04. The Morgan fingerprint density at radius 2 is 2.00 bits per heavy atom. The highest BCUT2D eigenvalue weighted by atomic mass is 35.5. The van der Waals surface area contributed by atoms with Gasteiger partial charge in [-0.25, -0.2) is 4.84 Å². The van der Waals surface area contributed by atoms with Crippen molar-refractivity contribution in [3.8, 4) is 0 Å². The van der Waals surface area contributed by atoms with Crippen LogP contribution in [-0.4, -0.2) is 5.54 Å². The molecule has 3 fully saturated rings. The van der Waals surface area contributed by atoms with E-state index in [-0.39, 0.29) is 0 Å². The van der Waals surface area contributed by atoms with Gasteiger partial charge in [-0.1, -0.05) is 0 Å². The van der Waals surface area contributed by atoms with Crippen molar-refractivity contribution >= 4 is 11.8 Å². The molecule has 1 N–H and O–H groups in total. The van der Waals surface area contributed by atoms with Crippen LogP contribution in [-0.2, 0) is 0 Å². The molecule has 3 aliphatic rings. The normalized spacial score (nSPS) is 55.3. The summed E-state index contributed by atoms with van der Waals surface area (Å²) in [5, 5.41) is 0. The number of rotatable bonds is 1. The Morgan fingerprint density at radius 3 is 2.00 bits per heavy atom. The number of nitrogens with one attached hydrogen (secondary N) is 1. The molecule has 0 amide bonds. The minimum Gasteiger partial charge on any atom is -0.227 e. The fraction of sp³-hybridized carbons (Fsp3) is 1.00.